The Kier molecular flexibility index (Phi) is 3.31. The molecule has 2 aromatic rings. The van der Waals surface area contributed by atoms with Crippen molar-refractivity contribution in [2.45, 2.75) is 18.9 Å². The molecule has 0 radical (unpaired) electrons. The minimum Gasteiger partial charge on any atom is -0.340 e. The lowest BCUT2D eigenvalue weighted by atomic mass is 10.1. The zero-order valence-electron chi connectivity index (χ0n) is 11.0. The first-order valence-electron chi connectivity index (χ1n) is 6.49. The Morgan fingerprint density at radius 1 is 1.24 bits per heavy atom. The molecule has 1 fully saturated rings. The highest BCUT2D eigenvalue weighted by molar-refractivity contribution is 6.07. The van der Waals surface area contributed by atoms with Crippen LogP contribution in [0.3, 0.4) is 0 Å². The van der Waals surface area contributed by atoms with Crippen LogP contribution in [0, 0.1) is 0 Å². The maximum Gasteiger partial charge on any atom is 0.254 e. The van der Waals surface area contributed by atoms with Crippen LogP contribution < -0.4 is 10.6 Å². The highest BCUT2D eigenvalue weighted by Gasteiger charge is 2.28. The fourth-order valence-corrected chi connectivity index (χ4v) is 2.24. The lowest BCUT2D eigenvalue weighted by molar-refractivity contribution is -0.134. The average molecular weight is 284 g/mol. The Hall–Kier alpha value is -2.83. The van der Waals surface area contributed by atoms with Gasteiger partial charge in [0.05, 0.1) is 11.1 Å². The van der Waals surface area contributed by atoms with Gasteiger partial charge in [-0.2, -0.15) is 0 Å². The van der Waals surface area contributed by atoms with Gasteiger partial charge in [-0.1, -0.05) is 6.07 Å². The number of amides is 3. The quantitative estimate of drug-likeness (QED) is 0.765. The molecule has 106 valence electrons. The lowest BCUT2D eigenvalue weighted by Gasteiger charge is -2.21. The standard InChI is InChI=1S/C14H12N4O3/c19-11-5-4-10(14(21)18-11)17-13(20)8-2-1-3-9-12(8)16-7-6-15-9/h1-3,6-7,10H,4-5H2,(H,17,20)(H,18,19,21). The number of benzene rings is 1. The lowest BCUT2D eigenvalue weighted by Crippen LogP contribution is -2.52. The highest BCUT2D eigenvalue weighted by atomic mass is 16.2. The van der Waals surface area contributed by atoms with Crippen LogP contribution in [0.4, 0.5) is 0 Å². The van der Waals surface area contributed by atoms with Gasteiger partial charge in [0.2, 0.25) is 11.8 Å². The van der Waals surface area contributed by atoms with E-state index in [4.69, 9.17) is 0 Å². The molecular formula is C14H12N4O3. The first kappa shape index (κ1) is 13.2. The number of para-hydroxylation sites is 1. The van der Waals surface area contributed by atoms with E-state index in [1.165, 1.54) is 6.20 Å². The second-order valence-corrected chi connectivity index (χ2v) is 4.71. The fourth-order valence-electron chi connectivity index (χ4n) is 2.24. The van der Waals surface area contributed by atoms with Crippen molar-refractivity contribution in [2.24, 2.45) is 0 Å². The highest BCUT2D eigenvalue weighted by Crippen LogP contribution is 2.14. The number of fused-ring (bicyclic) bond motifs is 1. The molecule has 3 rings (SSSR count). The molecule has 0 aliphatic carbocycles. The maximum absolute atomic E-state index is 12.3. The molecule has 2 N–H and O–H groups in total. The smallest absolute Gasteiger partial charge is 0.254 e. The summed E-state index contributed by atoms with van der Waals surface area (Å²) < 4.78 is 0. The average Bonchev–Trinajstić information content (AvgIpc) is 2.49. The topological polar surface area (TPSA) is 101 Å². The summed E-state index contributed by atoms with van der Waals surface area (Å²) >= 11 is 0. The summed E-state index contributed by atoms with van der Waals surface area (Å²) in [6.45, 7) is 0. The van der Waals surface area contributed by atoms with Crippen molar-refractivity contribution in [3.05, 3.63) is 36.2 Å². The Morgan fingerprint density at radius 2 is 2.05 bits per heavy atom. The molecule has 7 nitrogen and oxygen atoms in total. The zero-order valence-corrected chi connectivity index (χ0v) is 11.0. The van der Waals surface area contributed by atoms with Crippen molar-refractivity contribution in [3.63, 3.8) is 0 Å². The Morgan fingerprint density at radius 3 is 2.86 bits per heavy atom. The number of hydrogen-bond acceptors (Lipinski definition) is 5. The molecule has 0 bridgehead atoms. The van der Waals surface area contributed by atoms with Gasteiger partial charge in [0.1, 0.15) is 11.6 Å². The molecule has 1 saturated heterocycles. The van der Waals surface area contributed by atoms with Gasteiger partial charge in [0.25, 0.3) is 5.91 Å². The van der Waals surface area contributed by atoms with Gasteiger partial charge in [-0.3, -0.25) is 29.7 Å². The molecule has 0 saturated carbocycles. The van der Waals surface area contributed by atoms with Crippen LogP contribution in [-0.4, -0.2) is 33.7 Å². The predicted octanol–water partition coefficient (Wildman–Crippen LogP) is 0.165. The van der Waals surface area contributed by atoms with Crippen LogP contribution in [0.1, 0.15) is 23.2 Å². The third kappa shape index (κ3) is 2.58. The Bertz CT molecular complexity index is 739. The monoisotopic (exact) mass is 284 g/mol. The molecule has 1 aromatic carbocycles. The molecule has 7 heteroatoms. The van der Waals surface area contributed by atoms with Crippen LogP contribution in [0.15, 0.2) is 30.6 Å². The van der Waals surface area contributed by atoms with Crippen molar-refractivity contribution in [3.8, 4) is 0 Å². The van der Waals surface area contributed by atoms with Crippen LogP contribution >= 0.6 is 0 Å². The summed E-state index contributed by atoms with van der Waals surface area (Å²) in [5.41, 5.74) is 1.43. The normalized spacial score (nSPS) is 18.4. The summed E-state index contributed by atoms with van der Waals surface area (Å²) in [5, 5.41) is 4.83. The number of nitrogens with one attached hydrogen (secondary N) is 2. The van der Waals surface area contributed by atoms with E-state index in [2.05, 4.69) is 20.6 Å². The molecule has 1 aliphatic heterocycles. The van der Waals surface area contributed by atoms with E-state index in [9.17, 15) is 14.4 Å². The van der Waals surface area contributed by atoms with Crippen molar-refractivity contribution >= 4 is 28.8 Å². The van der Waals surface area contributed by atoms with Gasteiger partial charge in [-0.25, -0.2) is 0 Å². The number of carbonyl (C=O) groups excluding carboxylic acids is 3. The number of imide groups is 1. The second-order valence-electron chi connectivity index (χ2n) is 4.71. The number of piperidine rings is 1. The van der Waals surface area contributed by atoms with Crippen LogP contribution in [-0.2, 0) is 9.59 Å². The third-order valence-electron chi connectivity index (χ3n) is 3.29. The first-order valence-corrected chi connectivity index (χ1v) is 6.49. The second kappa shape index (κ2) is 5.28. The van der Waals surface area contributed by atoms with Crippen molar-refractivity contribution in [1.29, 1.82) is 0 Å². The molecule has 1 unspecified atom stereocenters. The van der Waals surface area contributed by atoms with Crippen molar-refractivity contribution < 1.29 is 14.4 Å². The number of carbonyl (C=O) groups is 3. The molecule has 1 atom stereocenters. The molecule has 3 amide bonds. The predicted molar refractivity (Wildman–Crippen MR) is 73.2 cm³/mol. The number of nitrogens with zero attached hydrogens (tertiary/aromatic N) is 2. The van der Waals surface area contributed by atoms with Crippen molar-refractivity contribution in [2.75, 3.05) is 0 Å². The van der Waals surface area contributed by atoms with E-state index in [-0.39, 0.29) is 12.3 Å². The fraction of sp³-hybridized carbons (Fsp3) is 0.214. The molecule has 1 aliphatic rings. The van der Waals surface area contributed by atoms with Gasteiger partial charge >= 0.3 is 0 Å². The van der Waals surface area contributed by atoms with Gasteiger partial charge < -0.3 is 5.32 Å². The van der Waals surface area contributed by atoms with E-state index in [0.29, 0.717) is 23.0 Å². The largest absolute Gasteiger partial charge is 0.340 e. The zero-order chi connectivity index (χ0) is 14.8. The number of rotatable bonds is 2. The molecular weight excluding hydrogens is 272 g/mol. The minimum absolute atomic E-state index is 0.214. The van der Waals surface area contributed by atoms with Crippen molar-refractivity contribution in [1.82, 2.24) is 20.6 Å². The number of hydrogen-bond donors (Lipinski definition) is 2. The van der Waals surface area contributed by atoms with Gasteiger partial charge in [-0.15, -0.1) is 0 Å². The SMILES string of the molecule is O=C1CCC(NC(=O)c2cccc3nccnc23)C(=O)N1. The summed E-state index contributed by atoms with van der Waals surface area (Å²) in [7, 11) is 0. The maximum atomic E-state index is 12.3. The van der Waals surface area contributed by atoms with E-state index in [1.54, 1.807) is 24.4 Å². The minimum atomic E-state index is -0.706. The molecule has 1 aromatic heterocycles. The third-order valence-corrected chi connectivity index (χ3v) is 3.29. The van der Waals surface area contributed by atoms with Gasteiger partial charge in [0.15, 0.2) is 0 Å². The molecule has 2 heterocycles. The molecule has 21 heavy (non-hydrogen) atoms. The van der Waals surface area contributed by atoms with E-state index >= 15 is 0 Å². The van der Waals surface area contributed by atoms with E-state index in [1.807, 2.05) is 0 Å². The Balaban J connectivity index is 1.84. The van der Waals surface area contributed by atoms with Gasteiger partial charge in [0, 0.05) is 18.8 Å². The Labute approximate surface area is 119 Å². The number of aromatic nitrogens is 2. The first-order chi connectivity index (χ1) is 10.1. The summed E-state index contributed by atoms with van der Waals surface area (Å²) in [6, 6.07) is 4.38. The van der Waals surface area contributed by atoms with Crippen LogP contribution in [0.2, 0.25) is 0 Å². The summed E-state index contributed by atoms with van der Waals surface area (Å²) in [4.78, 5) is 43.3. The van der Waals surface area contributed by atoms with Gasteiger partial charge in [-0.05, 0) is 18.6 Å². The molecule has 0 spiro atoms. The van der Waals surface area contributed by atoms with Crippen LogP contribution in [0.5, 0.6) is 0 Å². The van der Waals surface area contributed by atoms with E-state index in [0.717, 1.165) is 0 Å². The summed E-state index contributed by atoms with van der Waals surface area (Å²) in [6.07, 6.45) is 3.56. The van der Waals surface area contributed by atoms with E-state index < -0.39 is 17.9 Å². The van der Waals surface area contributed by atoms with Crippen LogP contribution in [0.25, 0.3) is 11.0 Å². The summed E-state index contributed by atoms with van der Waals surface area (Å²) in [5.74, 6) is -1.21.